The van der Waals surface area contributed by atoms with Gasteiger partial charge in [-0.25, -0.2) is 4.39 Å². The molecule has 0 atom stereocenters. The lowest BCUT2D eigenvalue weighted by molar-refractivity contribution is 0.0790. The van der Waals surface area contributed by atoms with Gasteiger partial charge in [-0.1, -0.05) is 24.3 Å². The molecule has 0 saturated heterocycles. The van der Waals surface area contributed by atoms with Crippen LogP contribution in [0.4, 0.5) is 4.39 Å². The maximum atomic E-state index is 13.2. The van der Waals surface area contributed by atoms with Crippen LogP contribution in [0.1, 0.15) is 32.1 Å². The van der Waals surface area contributed by atoms with Crippen molar-refractivity contribution in [3.63, 3.8) is 0 Å². The summed E-state index contributed by atoms with van der Waals surface area (Å²) in [6.07, 6.45) is 0. The number of carbonyl (C=O) groups is 1. The number of carbonyl (C=O) groups excluding carboxylic acids is 1. The van der Waals surface area contributed by atoms with Crippen LogP contribution < -0.4 is 0 Å². The highest BCUT2D eigenvalue weighted by Gasteiger charge is 2.19. The monoisotopic (exact) mass is 418 g/mol. The predicted octanol–water partition coefficient (Wildman–Crippen LogP) is 4.74. The van der Waals surface area contributed by atoms with Gasteiger partial charge < -0.3 is 4.90 Å². The Morgan fingerprint density at radius 3 is 2.50 bits per heavy atom. The third-order valence-electron chi connectivity index (χ3n) is 4.91. The highest BCUT2D eigenvalue weighted by atomic mass is 32.1. The van der Waals surface area contributed by atoms with Gasteiger partial charge in [-0.05, 0) is 48.4 Å². The average Bonchev–Trinajstić information content (AvgIpc) is 3.31. The first-order valence-corrected chi connectivity index (χ1v) is 10.2. The molecule has 0 N–H and O–H groups in total. The molecule has 4 aromatic rings. The number of thiophene rings is 1. The van der Waals surface area contributed by atoms with E-state index < -0.39 is 0 Å². The number of nitrogens with zero attached hydrogens (tertiary/aromatic N) is 4. The first-order chi connectivity index (χ1) is 14.4. The van der Waals surface area contributed by atoms with Crippen LogP contribution in [-0.4, -0.2) is 27.6 Å². The van der Waals surface area contributed by atoms with Crippen molar-refractivity contribution < 1.29 is 9.18 Å². The lowest BCUT2D eigenvalue weighted by Gasteiger charge is -2.16. The van der Waals surface area contributed by atoms with Crippen molar-refractivity contribution in [3.05, 3.63) is 87.7 Å². The molecule has 2 aromatic carbocycles. The number of aryl methyl sites for hydroxylation is 1. The number of hydrogen-bond donors (Lipinski definition) is 0. The van der Waals surface area contributed by atoms with Crippen molar-refractivity contribution in [3.8, 4) is 6.07 Å². The molecule has 0 aliphatic heterocycles. The van der Waals surface area contributed by atoms with Gasteiger partial charge in [0.15, 0.2) is 0 Å². The van der Waals surface area contributed by atoms with Crippen molar-refractivity contribution in [1.29, 1.82) is 5.26 Å². The Morgan fingerprint density at radius 2 is 1.83 bits per heavy atom. The smallest absolute Gasteiger partial charge is 0.264 e. The third kappa shape index (κ3) is 3.95. The minimum absolute atomic E-state index is 0.0618. The topological polar surface area (TPSA) is 61.9 Å². The number of halogens is 1. The number of nitriles is 1. The SMILES string of the molecule is Cc1nn(Cc2ccc(F)cc2)c2sc(C(=O)N(C)Cc3ccc(C#N)cc3)cc12. The van der Waals surface area contributed by atoms with Gasteiger partial charge >= 0.3 is 0 Å². The lowest BCUT2D eigenvalue weighted by Crippen LogP contribution is -2.25. The van der Waals surface area contributed by atoms with Crippen LogP contribution in [0.5, 0.6) is 0 Å². The second kappa shape index (κ2) is 8.09. The van der Waals surface area contributed by atoms with Gasteiger partial charge in [0, 0.05) is 19.0 Å². The van der Waals surface area contributed by atoms with E-state index in [0.29, 0.717) is 23.5 Å². The number of rotatable bonds is 5. The van der Waals surface area contributed by atoms with Crippen LogP contribution in [0.15, 0.2) is 54.6 Å². The largest absolute Gasteiger partial charge is 0.337 e. The van der Waals surface area contributed by atoms with Crippen molar-refractivity contribution in [2.24, 2.45) is 0 Å². The molecule has 7 heteroatoms. The molecule has 0 unspecified atom stereocenters. The zero-order valence-electron chi connectivity index (χ0n) is 16.6. The summed E-state index contributed by atoms with van der Waals surface area (Å²) >= 11 is 1.41. The minimum atomic E-state index is -0.269. The van der Waals surface area contributed by atoms with Gasteiger partial charge in [0.25, 0.3) is 5.91 Å². The molecular weight excluding hydrogens is 399 g/mol. The molecule has 2 heterocycles. The van der Waals surface area contributed by atoms with Gasteiger partial charge in [0.1, 0.15) is 10.6 Å². The van der Waals surface area contributed by atoms with E-state index in [2.05, 4.69) is 11.2 Å². The molecule has 0 aliphatic rings. The fourth-order valence-corrected chi connectivity index (χ4v) is 4.46. The summed E-state index contributed by atoms with van der Waals surface area (Å²) in [5.41, 5.74) is 3.36. The maximum absolute atomic E-state index is 13.2. The molecule has 150 valence electrons. The highest BCUT2D eigenvalue weighted by Crippen LogP contribution is 2.30. The summed E-state index contributed by atoms with van der Waals surface area (Å²) < 4.78 is 15.0. The van der Waals surface area contributed by atoms with Crippen LogP contribution in [0, 0.1) is 24.1 Å². The molecule has 4 rings (SSSR count). The predicted molar refractivity (Wildman–Crippen MR) is 115 cm³/mol. The molecule has 0 bridgehead atoms. The van der Waals surface area contributed by atoms with Crippen LogP contribution in [0.2, 0.25) is 0 Å². The fourth-order valence-electron chi connectivity index (χ4n) is 3.31. The normalized spacial score (nSPS) is 10.9. The molecule has 2 aromatic heterocycles. The van der Waals surface area contributed by atoms with E-state index in [-0.39, 0.29) is 11.7 Å². The van der Waals surface area contributed by atoms with E-state index in [9.17, 15) is 9.18 Å². The minimum Gasteiger partial charge on any atom is -0.337 e. The van der Waals surface area contributed by atoms with Gasteiger partial charge in [-0.15, -0.1) is 11.3 Å². The first-order valence-electron chi connectivity index (χ1n) is 9.40. The second-order valence-electron chi connectivity index (χ2n) is 7.17. The number of fused-ring (bicyclic) bond motifs is 1. The Balaban J connectivity index is 1.55. The Morgan fingerprint density at radius 1 is 1.17 bits per heavy atom. The van der Waals surface area contributed by atoms with Gasteiger partial charge in [0.05, 0.1) is 28.7 Å². The van der Waals surface area contributed by atoms with E-state index in [4.69, 9.17) is 5.26 Å². The molecule has 5 nitrogen and oxygen atoms in total. The molecule has 30 heavy (non-hydrogen) atoms. The van der Waals surface area contributed by atoms with Crippen molar-refractivity contribution in [2.75, 3.05) is 7.05 Å². The Kier molecular flexibility index (Phi) is 5.34. The first kappa shape index (κ1) is 19.8. The van der Waals surface area contributed by atoms with Crippen molar-refractivity contribution in [1.82, 2.24) is 14.7 Å². The zero-order chi connectivity index (χ0) is 21.3. The lowest BCUT2D eigenvalue weighted by atomic mass is 10.1. The summed E-state index contributed by atoms with van der Waals surface area (Å²) in [5.74, 6) is -0.330. The fraction of sp³-hybridized carbons (Fsp3) is 0.174. The third-order valence-corrected chi connectivity index (χ3v) is 6.05. The molecule has 0 radical (unpaired) electrons. The summed E-state index contributed by atoms with van der Waals surface area (Å²) in [7, 11) is 1.77. The number of amides is 1. The standard InChI is InChI=1S/C23H19FN4OS/c1-15-20-11-21(22(29)27(2)13-17-5-3-16(12-25)4-6-17)30-23(20)28(26-15)14-18-7-9-19(24)10-8-18/h3-11H,13-14H2,1-2H3. The van der Waals surface area contributed by atoms with Crippen molar-refractivity contribution in [2.45, 2.75) is 20.0 Å². The molecular formula is C23H19FN4OS. The summed E-state index contributed by atoms with van der Waals surface area (Å²) in [4.78, 5) is 16.2. The number of hydrogen-bond acceptors (Lipinski definition) is 4. The average molecular weight is 418 g/mol. The number of benzene rings is 2. The van der Waals surface area contributed by atoms with Crippen LogP contribution in [-0.2, 0) is 13.1 Å². The zero-order valence-corrected chi connectivity index (χ0v) is 17.4. The van der Waals surface area contributed by atoms with Crippen molar-refractivity contribution >= 4 is 27.5 Å². The molecule has 0 spiro atoms. The molecule has 0 fully saturated rings. The van der Waals surface area contributed by atoms with Gasteiger partial charge in [0.2, 0.25) is 0 Å². The summed E-state index contributed by atoms with van der Waals surface area (Å²) in [6, 6.07) is 17.6. The van der Waals surface area contributed by atoms with E-state index in [1.807, 2.05) is 29.8 Å². The molecule has 0 aliphatic carbocycles. The Hall–Kier alpha value is -3.50. The number of aromatic nitrogens is 2. The Bertz CT molecular complexity index is 1250. The maximum Gasteiger partial charge on any atom is 0.264 e. The quantitative estimate of drug-likeness (QED) is 0.470. The van der Waals surface area contributed by atoms with E-state index in [1.165, 1.54) is 23.5 Å². The van der Waals surface area contributed by atoms with Gasteiger partial charge in [-0.3, -0.25) is 9.48 Å². The highest BCUT2D eigenvalue weighted by molar-refractivity contribution is 7.20. The summed E-state index contributed by atoms with van der Waals surface area (Å²) in [6.45, 7) is 2.89. The van der Waals surface area contributed by atoms with Gasteiger partial charge in [-0.2, -0.15) is 10.4 Å². The molecule has 1 amide bonds. The van der Waals surface area contributed by atoms with E-state index >= 15 is 0 Å². The van der Waals surface area contributed by atoms with Crippen LogP contribution >= 0.6 is 11.3 Å². The van der Waals surface area contributed by atoms with E-state index in [0.717, 1.165) is 27.0 Å². The van der Waals surface area contributed by atoms with Crippen LogP contribution in [0.25, 0.3) is 10.2 Å². The second-order valence-corrected chi connectivity index (χ2v) is 8.20. The van der Waals surface area contributed by atoms with Crippen LogP contribution in [0.3, 0.4) is 0 Å². The Labute approximate surface area is 177 Å². The summed E-state index contributed by atoms with van der Waals surface area (Å²) in [5, 5.41) is 14.4. The van der Waals surface area contributed by atoms with E-state index in [1.54, 1.807) is 36.2 Å². The molecule has 0 saturated carbocycles.